The van der Waals surface area contributed by atoms with Crippen LogP contribution in [-0.4, -0.2) is 33.8 Å². The molecule has 2 N–H and O–H groups in total. The van der Waals surface area contributed by atoms with Gasteiger partial charge in [-0.25, -0.2) is 4.99 Å². The maximum atomic E-state index is 4.38. The molecule has 88 valence electrons. The molecule has 6 nitrogen and oxygen atoms in total. The Morgan fingerprint density at radius 2 is 2.44 bits per heavy atom. The van der Waals surface area contributed by atoms with Crippen LogP contribution in [0.2, 0.25) is 0 Å². The van der Waals surface area contributed by atoms with E-state index in [1.807, 2.05) is 18.5 Å². The number of hydrogen-bond acceptors (Lipinski definition) is 3. The van der Waals surface area contributed by atoms with Crippen LogP contribution in [0, 0.1) is 0 Å². The van der Waals surface area contributed by atoms with Crippen molar-refractivity contribution in [3.8, 4) is 0 Å². The number of aromatic nitrogens is 3. The third-order valence-electron chi connectivity index (χ3n) is 1.94. The molecule has 0 bridgehead atoms. The minimum absolute atomic E-state index is 0.503. The Kier molecular flexibility index (Phi) is 5.04. The molecule has 6 heteroatoms. The van der Waals surface area contributed by atoms with E-state index in [-0.39, 0.29) is 0 Å². The maximum Gasteiger partial charge on any atom is 0.191 e. The first-order valence-corrected chi connectivity index (χ1v) is 5.23. The number of aliphatic imine (C=N–C) groups is 1. The van der Waals surface area contributed by atoms with Gasteiger partial charge in [0.05, 0.1) is 0 Å². The van der Waals surface area contributed by atoms with Crippen LogP contribution in [0.25, 0.3) is 0 Å². The predicted molar refractivity (Wildman–Crippen MR) is 64.0 cm³/mol. The van der Waals surface area contributed by atoms with Gasteiger partial charge in [-0.2, -0.15) is 0 Å². The third-order valence-corrected chi connectivity index (χ3v) is 1.94. The molecule has 0 aliphatic carbocycles. The number of guanidine groups is 1. The molecule has 0 saturated heterocycles. The van der Waals surface area contributed by atoms with Crippen LogP contribution in [0.5, 0.6) is 0 Å². The molecule has 1 heterocycles. The second kappa shape index (κ2) is 6.60. The SMILES string of the molecule is C=CCNC(=NCc1nncn1C)NCC. The molecule has 0 aliphatic heterocycles. The monoisotopic (exact) mass is 222 g/mol. The quantitative estimate of drug-likeness (QED) is 0.420. The Hall–Kier alpha value is -1.85. The topological polar surface area (TPSA) is 67.1 Å². The molecule has 0 spiro atoms. The van der Waals surface area contributed by atoms with Gasteiger partial charge in [-0.3, -0.25) is 0 Å². The van der Waals surface area contributed by atoms with Gasteiger partial charge in [0.15, 0.2) is 11.8 Å². The highest BCUT2D eigenvalue weighted by Crippen LogP contribution is 1.93. The molecular weight excluding hydrogens is 204 g/mol. The Balaban J connectivity index is 2.56. The van der Waals surface area contributed by atoms with Crippen LogP contribution in [0.1, 0.15) is 12.7 Å². The fourth-order valence-electron chi connectivity index (χ4n) is 1.11. The highest BCUT2D eigenvalue weighted by atomic mass is 15.3. The lowest BCUT2D eigenvalue weighted by Gasteiger charge is -2.08. The van der Waals surface area contributed by atoms with Gasteiger partial charge in [0.25, 0.3) is 0 Å². The summed E-state index contributed by atoms with van der Waals surface area (Å²) in [6.45, 7) is 7.68. The fraction of sp³-hybridized carbons (Fsp3) is 0.500. The van der Waals surface area contributed by atoms with Gasteiger partial charge in [0.2, 0.25) is 0 Å². The lowest BCUT2D eigenvalue weighted by atomic mass is 10.5. The standard InChI is InChI=1S/C10H18N6/c1-4-6-12-10(11-5-2)13-7-9-15-14-8-16(9)3/h4,8H,1,5-7H2,2-3H3,(H2,11,12,13). The number of hydrogen-bond donors (Lipinski definition) is 2. The highest BCUT2D eigenvalue weighted by Gasteiger charge is 2.00. The van der Waals surface area contributed by atoms with E-state index in [1.54, 1.807) is 12.4 Å². The van der Waals surface area contributed by atoms with Crippen LogP contribution in [0.3, 0.4) is 0 Å². The van der Waals surface area contributed by atoms with E-state index in [4.69, 9.17) is 0 Å². The number of rotatable bonds is 5. The first-order chi connectivity index (χ1) is 7.77. The largest absolute Gasteiger partial charge is 0.357 e. The van der Waals surface area contributed by atoms with Crippen molar-refractivity contribution in [3.63, 3.8) is 0 Å². The maximum absolute atomic E-state index is 4.38. The van der Waals surface area contributed by atoms with E-state index >= 15 is 0 Å². The molecule has 0 radical (unpaired) electrons. The van der Waals surface area contributed by atoms with Crippen molar-refractivity contribution >= 4 is 5.96 Å². The van der Waals surface area contributed by atoms with Gasteiger partial charge in [-0.1, -0.05) is 6.08 Å². The van der Waals surface area contributed by atoms with E-state index in [9.17, 15) is 0 Å². The van der Waals surface area contributed by atoms with E-state index in [2.05, 4.69) is 32.4 Å². The van der Waals surface area contributed by atoms with Crippen LogP contribution >= 0.6 is 0 Å². The summed E-state index contributed by atoms with van der Waals surface area (Å²) in [6.07, 6.45) is 3.45. The van der Waals surface area contributed by atoms with Crippen molar-refractivity contribution < 1.29 is 0 Å². The average Bonchev–Trinajstić information content (AvgIpc) is 2.68. The Morgan fingerprint density at radius 1 is 1.62 bits per heavy atom. The molecule has 16 heavy (non-hydrogen) atoms. The molecule has 0 aromatic carbocycles. The van der Waals surface area contributed by atoms with Crippen LogP contribution in [-0.2, 0) is 13.6 Å². The van der Waals surface area contributed by atoms with Crippen molar-refractivity contribution in [1.82, 2.24) is 25.4 Å². The van der Waals surface area contributed by atoms with E-state index in [0.717, 1.165) is 18.3 Å². The smallest absolute Gasteiger partial charge is 0.191 e. The van der Waals surface area contributed by atoms with E-state index in [0.29, 0.717) is 13.1 Å². The van der Waals surface area contributed by atoms with Crippen LogP contribution in [0.4, 0.5) is 0 Å². The van der Waals surface area contributed by atoms with Crippen molar-refractivity contribution in [3.05, 3.63) is 24.8 Å². The van der Waals surface area contributed by atoms with Crippen LogP contribution < -0.4 is 10.6 Å². The Bertz CT molecular complexity index is 354. The highest BCUT2D eigenvalue weighted by molar-refractivity contribution is 5.79. The van der Waals surface area contributed by atoms with Crippen molar-refractivity contribution in [1.29, 1.82) is 0 Å². The van der Waals surface area contributed by atoms with Gasteiger partial charge in [-0.05, 0) is 6.92 Å². The molecule has 1 rings (SSSR count). The minimum Gasteiger partial charge on any atom is -0.357 e. The molecule has 0 aliphatic rings. The second-order valence-corrected chi connectivity index (χ2v) is 3.22. The van der Waals surface area contributed by atoms with Crippen molar-refractivity contribution in [2.45, 2.75) is 13.5 Å². The fourth-order valence-corrected chi connectivity index (χ4v) is 1.11. The minimum atomic E-state index is 0.503. The summed E-state index contributed by atoms with van der Waals surface area (Å²) < 4.78 is 1.85. The molecule has 0 atom stereocenters. The van der Waals surface area contributed by atoms with Gasteiger partial charge < -0.3 is 15.2 Å². The van der Waals surface area contributed by atoms with E-state index in [1.165, 1.54) is 0 Å². The normalized spacial score (nSPS) is 11.2. The molecule has 1 aromatic rings. The second-order valence-electron chi connectivity index (χ2n) is 3.22. The molecule has 0 unspecified atom stereocenters. The zero-order valence-electron chi connectivity index (χ0n) is 9.77. The number of nitrogens with zero attached hydrogens (tertiary/aromatic N) is 4. The predicted octanol–water partition coefficient (Wildman–Crippen LogP) is 0.0562. The lowest BCUT2D eigenvalue weighted by molar-refractivity contribution is 0.777. The molecular formula is C10H18N6. The summed E-state index contributed by atoms with van der Waals surface area (Å²) in [6, 6.07) is 0. The third kappa shape index (κ3) is 3.72. The summed E-state index contributed by atoms with van der Waals surface area (Å²) >= 11 is 0. The van der Waals surface area contributed by atoms with Gasteiger partial charge in [-0.15, -0.1) is 16.8 Å². The Morgan fingerprint density at radius 3 is 3.00 bits per heavy atom. The summed E-state index contributed by atoms with van der Waals surface area (Å²) in [4.78, 5) is 4.38. The summed E-state index contributed by atoms with van der Waals surface area (Å²) in [5, 5.41) is 14.0. The summed E-state index contributed by atoms with van der Waals surface area (Å²) in [5.74, 6) is 1.58. The van der Waals surface area contributed by atoms with Crippen LogP contribution in [0.15, 0.2) is 24.0 Å². The zero-order valence-corrected chi connectivity index (χ0v) is 9.77. The Labute approximate surface area is 95.5 Å². The molecule has 0 saturated carbocycles. The first-order valence-electron chi connectivity index (χ1n) is 5.23. The molecule has 0 fully saturated rings. The lowest BCUT2D eigenvalue weighted by Crippen LogP contribution is -2.37. The first kappa shape index (κ1) is 12.2. The molecule has 0 amide bonds. The van der Waals surface area contributed by atoms with Crippen molar-refractivity contribution in [2.24, 2.45) is 12.0 Å². The number of aryl methyl sites for hydroxylation is 1. The zero-order chi connectivity index (χ0) is 11.8. The van der Waals surface area contributed by atoms with Crippen molar-refractivity contribution in [2.75, 3.05) is 13.1 Å². The van der Waals surface area contributed by atoms with Gasteiger partial charge in [0, 0.05) is 20.1 Å². The summed E-state index contributed by atoms with van der Waals surface area (Å²) in [5.41, 5.74) is 0. The number of nitrogens with one attached hydrogen (secondary N) is 2. The molecule has 1 aromatic heterocycles. The average molecular weight is 222 g/mol. The van der Waals surface area contributed by atoms with E-state index < -0.39 is 0 Å². The summed E-state index contributed by atoms with van der Waals surface area (Å²) in [7, 11) is 1.90. The van der Waals surface area contributed by atoms with Gasteiger partial charge in [0.1, 0.15) is 12.9 Å². The van der Waals surface area contributed by atoms with Gasteiger partial charge >= 0.3 is 0 Å².